The zero-order valence-electron chi connectivity index (χ0n) is 19.8. The minimum absolute atomic E-state index is 0.0155. The van der Waals surface area contributed by atoms with Crippen molar-refractivity contribution in [3.8, 4) is 5.82 Å². The molecule has 3 aromatic heterocycles. The summed E-state index contributed by atoms with van der Waals surface area (Å²) in [6.07, 6.45) is -1.96. The van der Waals surface area contributed by atoms with E-state index < -0.39 is 29.4 Å². The van der Waals surface area contributed by atoms with Gasteiger partial charge in [0.05, 0.1) is 38.2 Å². The highest BCUT2D eigenvalue weighted by Crippen LogP contribution is 2.36. The van der Waals surface area contributed by atoms with Crippen molar-refractivity contribution in [1.29, 1.82) is 0 Å². The van der Waals surface area contributed by atoms with Crippen molar-refractivity contribution < 1.29 is 22.8 Å². The van der Waals surface area contributed by atoms with Crippen LogP contribution in [0.5, 0.6) is 0 Å². The van der Waals surface area contributed by atoms with Crippen molar-refractivity contribution in [2.45, 2.75) is 38.9 Å². The fourth-order valence-corrected chi connectivity index (χ4v) is 4.16. The van der Waals surface area contributed by atoms with E-state index in [0.29, 0.717) is 27.7 Å². The Balaban J connectivity index is 1.64. The molecule has 0 bridgehead atoms. The first-order valence-electron chi connectivity index (χ1n) is 11.3. The second-order valence-corrected chi connectivity index (χ2v) is 9.50. The van der Waals surface area contributed by atoms with Gasteiger partial charge in [0.15, 0.2) is 11.5 Å². The Bertz CT molecular complexity index is 1620. The number of benzene rings is 1. The minimum Gasteiger partial charge on any atom is -0.349 e. The fraction of sp³-hybridized carbons (Fsp3) is 0.250. The van der Waals surface area contributed by atoms with Gasteiger partial charge < -0.3 is 10.6 Å². The number of rotatable bonds is 5. The fourth-order valence-electron chi connectivity index (χ4n) is 3.67. The number of pyridine rings is 1. The van der Waals surface area contributed by atoms with Crippen molar-refractivity contribution in [2.24, 2.45) is 0 Å². The van der Waals surface area contributed by atoms with E-state index in [2.05, 4.69) is 30.7 Å². The molecule has 2 N–H and O–H groups in total. The van der Waals surface area contributed by atoms with E-state index in [4.69, 9.17) is 23.2 Å². The maximum absolute atomic E-state index is 13.5. The molecular formula is C24H18Cl2F3N7O2. The second kappa shape index (κ2) is 9.52. The Hall–Kier alpha value is -3.77. The number of fused-ring (bicyclic) bond motifs is 1. The van der Waals surface area contributed by atoms with E-state index in [1.54, 1.807) is 13.8 Å². The summed E-state index contributed by atoms with van der Waals surface area (Å²) in [6, 6.07) is 4.84. The van der Waals surface area contributed by atoms with Crippen LogP contribution in [0.3, 0.4) is 0 Å². The van der Waals surface area contributed by atoms with E-state index in [9.17, 15) is 22.8 Å². The Kier molecular flexibility index (Phi) is 6.48. The highest BCUT2D eigenvalue weighted by Gasteiger charge is 2.37. The number of anilines is 1. The number of halogens is 5. The summed E-state index contributed by atoms with van der Waals surface area (Å²) >= 11 is 12.8. The standard InChI is InChI=1S/C24H18Cl2F3N7O2/c1-10-11(2)32-20-15(31-10)8-13(22(37)33-12-5-6-12)19(18(20)26)34-23(38)16-9-17(24(27,28)29)35-36(16)21-14(25)4-3-7-30-21/h3-4,7-9,12H,5-6H2,1-2H3,(H,33,37)(H,34,38). The molecule has 0 unspecified atom stereocenters. The van der Waals surface area contributed by atoms with Gasteiger partial charge in [-0.3, -0.25) is 9.59 Å². The maximum Gasteiger partial charge on any atom is 0.435 e. The molecule has 5 rings (SSSR count). The van der Waals surface area contributed by atoms with Crippen molar-refractivity contribution in [3.05, 3.63) is 68.8 Å². The summed E-state index contributed by atoms with van der Waals surface area (Å²) in [7, 11) is 0. The van der Waals surface area contributed by atoms with Crippen LogP contribution < -0.4 is 10.6 Å². The van der Waals surface area contributed by atoms with Crippen molar-refractivity contribution in [2.75, 3.05) is 5.32 Å². The van der Waals surface area contributed by atoms with Crippen LogP contribution in [0.25, 0.3) is 16.9 Å². The number of amides is 2. The van der Waals surface area contributed by atoms with Crippen LogP contribution in [-0.4, -0.2) is 42.6 Å². The predicted molar refractivity (Wildman–Crippen MR) is 134 cm³/mol. The highest BCUT2D eigenvalue weighted by atomic mass is 35.5. The van der Waals surface area contributed by atoms with E-state index in [-0.39, 0.29) is 38.7 Å². The molecule has 0 radical (unpaired) electrons. The summed E-state index contributed by atoms with van der Waals surface area (Å²) in [5.74, 6) is -1.75. The number of aromatic nitrogens is 5. The molecule has 196 valence electrons. The summed E-state index contributed by atoms with van der Waals surface area (Å²) in [5.41, 5.74) is -0.288. The molecule has 2 amide bonds. The van der Waals surface area contributed by atoms with Crippen molar-refractivity contribution >= 4 is 51.7 Å². The maximum atomic E-state index is 13.5. The Morgan fingerprint density at radius 1 is 1.08 bits per heavy atom. The predicted octanol–water partition coefficient (Wildman–Crippen LogP) is 5.30. The number of carbonyl (C=O) groups is 2. The normalized spacial score (nSPS) is 13.6. The van der Waals surface area contributed by atoms with Crippen LogP contribution in [-0.2, 0) is 6.18 Å². The molecule has 9 nitrogen and oxygen atoms in total. The molecule has 1 aliphatic carbocycles. The van der Waals surface area contributed by atoms with Crippen LogP contribution in [0.1, 0.15) is 50.8 Å². The minimum atomic E-state index is -4.86. The topological polar surface area (TPSA) is 115 Å². The second-order valence-electron chi connectivity index (χ2n) is 8.71. The zero-order valence-corrected chi connectivity index (χ0v) is 21.3. The van der Waals surface area contributed by atoms with Gasteiger partial charge in [0.25, 0.3) is 11.8 Å². The molecule has 0 saturated heterocycles. The number of carbonyl (C=O) groups excluding carboxylic acids is 2. The van der Waals surface area contributed by atoms with Crippen LogP contribution >= 0.6 is 23.2 Å². The number of nitrogens with one attached hydrogen (secondary N) is 2. The summed E-state index contributed by atoms with van der Waals surface area (Å²) in [6.45, 7) is 3.47. The molecule has 38 heavy (non-hydrogen) atoms. The molecule has 4 aromatic rings. The highest BCUT2D eigenvalue weighted by molar-refractivity contribution is 6.39. The molecule has 0 spiro atoms. The lowest BCUT2D eigenvalue weighted by molar-refractivity contribution is -0.141. The lowest BCUT2D eigenvalue weighted by atomic mass is 10.1. The van der Waals surface area contributed by atoms with Gasteiger partial charge in [-0.25, -0.2) is 19.6 Å². The molecule has 1 aromatic carbocycles. The summed E-state index contributed by atoms with van der Waals surface area (Å²) in [4.78, 5) is 39.4. The first-order chi connectivity index (χ1) is 17.9. The van der Waals surface area contributed by atoms with E-state index >= 15 is 0 Å². The first kappa shape index (κ1) is 25.9. The third-order valence-electron chi connectivity index (χ3n) is 5.88. The summed E-state index contributed by atoms with van der Waals surface area (Å²) < 4.78 is 41.3. The van der Waals surface area contributed by atoms with Crippen LogP contribution in [0.15, 0.2) is 30.5 Å². The number of hydrogen-bond acceptors (Lipinski definition) is 6. The largest absolute Gasteiger partial charge is 0.435 e. The number of hydrogen-bond donors (Lipinski definition) is 2. The van der Waals surface area contributed by atoms with Gasteiger partial charge in [-0.2, -0.15) is 18.3 Å². The Morgan fingerprint density at radius 3 is 2.45 bits per heavy atom. The third-order valence-corrected chi connectivity index (χ3v) is 6.54. The lowest BCUT2D eigenvalue weighted by Crippen LogP contribution is -2.27. The van der Waals surface area contributed by atoms with Crippen LogP contribution in [0, 0.1) is 13.8 Å². The molecule has 14 heteroatoms. The monoisotopic (exact) mass is 563 g/mol. The van der Waals surface area contributed by atoms with Gasteiger partial charge in [0.1, 0.15) is 11.2 Å². The average Bonchev–Trinajstić information content (AvgIpc) is 3.54. The van der Waals surface area contributed by atoms with E-state index in [0.717, 1.165) is 12.8 Å². The smallest absolute Gasteiger partial charge is 0.349 e. The molecule has 0 atom stereocenters. The van der Waals surface area contributed by atoms with Crippen LogP contribution in [0.2, 0.25) is 10.0 Å². The van der Waals surface area contributed by atoms with Gasteiger partial charge in [-0.1, -0.05) is 23.2 Å². The molecule has 1 aliphatic rings. The average molecular weight is 564 g/mol. The molecule has 1 saturated carbocycles. The lowest BCUT2D eigenvalue weighted by Gasteiger charge is -2.16. The number of alkyl halides is 3. The molecule has 0 aliphatic heterocycles. The molecule has 3 heterocycles. The quantitative estimate of drug-likeness (QED) is 0.340. The van der Waals surface area contributed by atoms with Gasteiger partial charge in [-0.05, 0) is 44.9 Å². The van der Waals surface area contributed by atoms with Gasteiger partial charge in [-0.15, -0.1) is 0 Å². The van der Waals surface area contributed by atoms with Crippen LogP contribution in [0.4, 0.5) is 18.9 Å². The van der Waals surface area contributed by atoms with Crippen molar-refractivity contribution in [3.63, 3.8) is 0 Å². The third kappa shape index (κ3) is 4.88. The van der Waals surface area contributed by atoms with Crippen molar-refractivity contribution in [1.82, 2.24) is 30.0 Å². The Morgan fingerprint density at radius 2 is 1.79 bits per heavy atom. The number of aryl methyl sites for hydroxylation is 2. The van der Waals surface area contributed by atoms with Gasteiger partial charge >= 0.3 is 6.18 Å². The Labute approximate surface area is 223 Å². The van der Waals surface area contributed by atoms with Gasteiger partial charge in [0, 0.05) is 18.3 Å². The van der Waals surface area contributed by atoms with Gasteiger partial charge in [0.2, 0.25) is 0 Å². The molecule has 1 fully saturated rings. The zero-order chi connectivity index (χ0) is 27.4. The number of nitrogens with zero attached hydrogens (tertiary/aromatic N) is 5. The van der Waals surface area contributed by atoms with E-state index in [1.807, 2.05) is 0 Å². The first-order valence-corrected chi connectivity index (χ1v) is 12.1. The molecular weight excluding hydrogens is 546 g/mol. The van der Waals surface area contributed by atoms with E-state index in [1.165, 1.54) is 24.4 Å². The summed E-state index contributed by atoms with van der Waals surface area (Å²) in [5, 5.41) is 8.71. The SMILES string of the molecule is Cc1nc2cc(C(=O)NC3CC3)c(NC(=O)c3cc(C(F)(F)F)nn3-c3ncccc3Cl)c(Cl)c2nc1C.